The Kier molecular flexibility index (Phi) is 5.44. The van der Waals surface area contributed by atoms with Crippen LogP contribution in [0.4, 0.5) is 0 Å². The third-order valence-electron chi connectivity index (χ3n) is 2.97. The Labute approximate surface area is 120 Å². The van der Waals surface area contributed by atoms with Crippen LogP contribution < -0.4 is 14.8 Å². The SMILES string of the molecule is CCCNCc1ccc(Oc2ccc(OC)cc2)cc1. The molecular weight excluding hydrogens is 250 g/mol. The van der Waals surface area contributed by atoms with E-state index < -0.39 is 0 Å². The lowest BCUT2D eigenvalue weighted by Crippen LogP contribution is -2.13. The highest BCUT2D eigenvalue weighted by Gasteiger charge is 1.99. The molecule has 0 bridgehead atoms. The van der Waals surface area contributed by atoms with Gasteiger partial charge in [0.1, 0.15) is 17.2 Å². The number of nitrogens with one attached hydrogen (secondary N) is 1. The summed E-state index contributed by atoms with van der Waals surface area (Å²) in [5.74, 6) is 2.48. The van der Waals surface area contributed by atoms with Crippen molar-refractivity contribution < 1.29 is 9.47 Å². The Morgan fingerprint density at radius 1 is 0.850 bits per heavy atom. The second-order valence-electron chi connectivity index (χ2n) is 4.60. The molecule has 0 saturated carbocycles. The minimum atomic E-state index is 0.808. The molecular formula is C17H21NO2. The minimum absolute atomic E-state index is 0.808. The Morgan fingerprint density at radius 2 is 1.40 bits per heavy atom. The molecule has 106 valence electrons. The van der Waals surface area contributed by atoms with Gasteiger partial charge >= 0.3 is 0 Å². The molecule has 1 N–H and O–H groups in total. The highest BCUT2D eigenvalue weighted by Crippen LogP contribution is 2.23. The van der Waals surface area contributed by atoms with Crippen molar-refractivity contribution in [2.24, 2.45) is 0 Å². The molecule has 0 amide bonds. The Bertz CT molecular complexity index is 506. The number of ether oxygens (including phenoxy) is 2. The molecule has 0 aliphatic rings. The van der Waals surface area contributed by atoms with Gasteiger partial charge in [0.15, 0.2) is 0 Å². The first kappa shape index (κ1) is 14.4. The first-order valence-electron chi connectivity index (χ1n) is 6.93. The van der Waals surface area contributed by atoms with E-state index in [2.05, 4.69) is 24.4 Å². The lowest BCUT2D eigenvalue weighted by Gasteiger charge is -2.08. The van der Waals surface area contributed by atoms with Gasteiger partial charge in [0.05, 0.1) is 7.11 Å². The number of hydrogen-bond donors (Lipinski definition) is 1. The van der Waals surface area contributed by atoms with Crippen molar-refractivity contribution in [1.82, 2.24) is 5.32 Å². The molecule has 0 aliphatic heterocycles. The zero-order valence-corrected chi connectivity index (χ0v) is 12.1. The van der Waals surface area contributed by atoms with Gasteiger partial charge in [0, 0.05) is 6.54 Å². The van der Waals surface area contributed by atoms with E-state index in [-0.39, 0.29) is 0 Å². The van der Waals surface area contributed by atoms with Crippen molar-refractivity contribution in [1.29, 1.82) is 0 Å². The van der Waals surface area contributed by atoms with Gasteiger partial charge in [-0.1, -0.05) is 19.1 Å². The highest BCUT2D eigenvalue weighted by molar-refractivity contribution is 5.36. The van der Waals surface area contributed by atoms with Crippen molar-refractivity contribution in [2.75, 3.05) is 13.7 Å². The van der Waals surface area contributed by atoms with Gasteiger partial charge in [-0.2, -0.15) is 0 Å². The summed E-state index contributed by atoms with van der Waals surface area (Å²) in [7, 11) is 1.65. The predicted molar refractivity (Wildman–Crippen MR) is 81.5 cm³/mol. The molecule has 0 spiro atoms. The summed E-state index contributed by atoms with van der Waals surface area (Å²) in [6, 6.07) is 15.7. The van der Waals surface area contributed by atoms with E-state index in [1.165, 1.54) is 5.56 Å². The van der Waals surface area contributed by atoms with Crippen LogP contribution in [0.3, 0.4) is 0 Å². The third-order valence-corrected chi connectivity index (χ3v) is 2.97. The molecule has 0 atom stereocenters. The van der Waals surface area contributed by atoms with Gasteiger partial charge in [-0.3, -0.25) is 0 Å². The maximum atomic E-state index is 5.78. The molecule has 0 unspecified atom stereocenters. The summed E-state index contributed by atoms with van der Waals surface area (Å²) in [6.45, 7) is 4.11. The van der Waals surface area contributed by atoms with Crippen LogP contribution in [0.15, 0.2) is 48.5 Å². The largest absolute Gasteiger partial charge is 0.497 e. The van der Waals surface area contributed by atoms with Gasteiger partial charge in [-0.25, -0.2) is 0 Å². The van der Waals surface area contributed by atoms with Crippen molar-refractivity contribution in [2.45, 2.75) is 19.9 Å². The van der Waals surface area contributed by atoms with Crippen molar-refractivity contribution in [3.8, 4) is 17.2 Å². The number of rotatable bonds is 7. The van der Waals surface area contributed by atoms with Crippen LogP contribution in [0.1, 0.15) is 18.9 Å². The van der Waals surface area contributed by atoms with Gasteiger partial charge in [-0.05, 0) is 54.9 Å². The van der Waals surface area contributed by atoms with Crippen LogP contribution in [0.2, 0.25) is 0 Å². The molecule has 0 saturated heterocycles. The van der Waals surface area contributed by atoms with Crippen molar-refractivity contribution in [3.05, 3.63) is 54.1 Å². The molecule has 0 fully saturated rings. The quantitative estimate of drug-likeness (QED) is 0.772. The van der Waals surface area contributed by atoms with E-state index in [4.69, 9.17) is 9.47 Å². The summed E-state index contributed by atoms with van der Waals surface area (Å²) in [6.07, 6.45) is 1.15. The van der Waals surface area contributed by atoms with Crippen LogP contribution in [0, 0.1) is 0 Å². The van der Waals surface area contributed by atoms with E-state index in [0.717, 1.165) is 36.8 Å². The molecule has 20 heavy (non-hydrogen) atoms. The first-order chi connectivity index (χ1) is 9.81. The van der Waals surface area contributed by atoms with E-state index in [9.17, 15) is 0 Å². The maximum absolute atomic E-state index is 5.78. The van der Waals surface area contributed by atoms with Gasteiger partial charge in [0.2, 0.25) is 0 Å². The van der Waals surface area contributed by atoms with Crippen LogP contribution in [0.25, 0.3) is 0 Å². The second kappa shape index (κ2) is 7.56. The second-order valence-corrected chi connectivity index (χ2v) is 4.60. The van der Waals surface area contributed by atoms with E-state index in [1.807, 2.05) is 36.4 Å². The Morgan fingerprint density at radius 3 is 1.95 bits per heavy atom. The van der Waals surface area contributed by atoms with Gasteiger partial charge in [0.25, 0.3) is 0 Å². The molecule has 2 aromatic rings. The van der Waals surface area contributed by atoms with E-state index in [0.29, 0.717) is 0 Å². The van der Waals surface area contributed by atoms with E-state index in [1.54, 1.807) is 7.11 Å². The monoisotopic (exact) mass is 271 g/mol. The predicted octanol–water partition coefficient (Wildman–Crippen LogP) is 3.99. The average molecular weight is 271 g/mol. The fourth-order valence-corrected chi connectivity index (χ4v) is 1.86. The van der Waals surface area contributed by atoms with Crippen molar-refractivity contribution in [3.63, 3.8) is 0 Å². The number of benzene rings is 2. The fourth-order valence-electron chi connectivity index (χ4n) is 1.86. The average Bonchev–Trinajstić information content (AvgIpc) is 2.50. The first-order valence-corrected chi connectivity index (χ1v) is 6.93. The number of hydrogen-bond acceptors (Lipinski definition) is 3. The molecule has 2 rings (SSSR count). The Balaban J connectivity index is 1.92. The molecule has 0 aromatic heterocycles. The van der Waals surface area contributed by atoms with Crippen LogP contribution in [0.5, 0.6) is 17.2 Å². The lowest BCUT2D eigenvalue weighted by molar-refractivity contribution is 0.413. The summed E-state index contributed by atoms with van der Waals surface area (Å²) in [5.41, 5.74) is 1.26. The van der Waals surface area contributed by atoms with E-state index >= 15 is 0 Å². The smallest absolute Gasteiger partial charge is 0.127 e. The normalized spacial score (nSPS) is 10.3. The lowest BCUT2D eigenvalue weighted by atomic mass is 10.2. The molecule has 3 nitrogen and oxygen atoms in total. The number of methoxy groups -OCH3 is 1. The zero-order chi connectivity index (χ0) is 14.2. The zero-order valence-electron chi connectivity index (χ0n) is 12.1. The summed E-state index contributed by atoms with van der Waals surface area (Å²) < 4.78 is 10.9. The van der Waals surface area contributed by atoms with Gasteiger partial charge < -0.3 is 14.8 Å². The third kappa shape index (κ3) is 4.28. The van der Waals surface area contributed by atoms with Crippen LogP contribution >= 0.6 is 0 Å². The van der Waals surface area contributed by atoms with Crippen LogP contribution in [-0.2, 0) is 6.54 Å². The summed E-state index contributed by atoms with van der Waals surface area (Å²) in [5, 5.41) is 3.38. The highest BCUT2D eigenvalue weighted by atomic mass is 16.5. The molecule has 3 heteroatoms. The fraction of sp³-hybridized carbons (Fsp3) is 0.294. The van der Waals surface area contributed by atoms with Crippen LogP contribution in [-0.4, -0.2) is 13.7 Å². The van der Waals surface area contributed by atoms with Gasteiger partial charge in [-0.15, -0.1) is 0 Å². The van der Waals surface area contributed by atoms with Crippen molar-refractivity contribution >= 4 is 0 Å². The maximum Gasteiger partial charge on any atom is 0.127 e. The summed E-state index contributed by atoms with van der Waals surface area (Å²) >= 11 is 0. The molecule has 0 radical (unpaired) electrons. The Hall–Kier alpha value is -2.00. The molecule has 0 aliphatic carbocycles. The minimum Gasteiger partial charge on any atom is -0.497 e. The molecule has 2 aromatic carbocycles. The topological polar surface area (TPSA) is 30.5 Å². The molecule has 0 heterocycles. The summed E-state index contributed by atoms with van der Waals surface area (Å²) in [4.78, 5) is 0. The standard InChI is InChI=1S/C17H21NO2/c1-3-12-18-13-14-4-6-16(7-5-14)20-17-10-8-15(19-2)9-11-17/h4-11,18H,3,12-13H2,1-2H3.